The highest BCUT2D eigenvalue weighted by Gasteiger charge is 2.47. The van der Waals surface area contributed by atoms with E-state index in [-0.39, 0.29) is 62.7 Å². The zero-order chi connectivity index (χ0) is 29.6. The van der Waals surface area contributed by atoms with Crippen molar-refractivity contribution in [2.75, 3.05) is 30.5 Å². The molecule has 1 saturated carbocycles. The van der Waals surface area contributed by atoms with Crippen molar-refractivity contribution in [2.24, 2.45) is 5.92 Å². The van der Waals surface area contributed by atoms with Gasteiger partial charge in [0.15, 0.2) is 9.84 Å². The summed E-state index contributed by atoms with van der Waals surface area (Å²) in [6.07, 6.45) is 2.07. The van der Waals surface area contributed by atoms with Gasteiger partial charge in [-0.2, -0.15) is 13.9 Å². The Bertz CT molecular complexity index is 1460. The minimum absolute atomic E-state index is 0.0124. The number of aryl methyl sites for hydroxylation is 2. The third-order valence-electron chi connectivity index (χ3n) is 7.56. The highest BCUT2D eigenvalue weighted by molar-refractivity contribution is 7.91. The number of alkyl halides is 4. The quantitative estimate of drug-likeness (QED) is 0.299. The molecule has 1 aliphatic heterocycles. The molecule has 3 aliphatic rings. The molecule has 2 N–H and O–H groups in total. The van der Waals surface area contributed by atoms with Crippen LogP contribution in [0, 0.1) is 5.92 Å². The Balaban J connectivity index is 1.36. The molecule has 2 heterocycles. The second-order valence-electron chi connectivity index (χ2n) is 11.0. The Morgan fingerprint density at radius 1 is 1.29 bits per heavy atom. The molecule has 15 heteroatoms. The van der Waals surface area contributed by atoms with Crippen molar-refractivity contribution < 1.29 is 45.0 Å². The second-order valence-corrected chi connectivity index (χ2v) is 13.1. The van der Waals surface area contributed by atoms with Crippen molar-refractivity contribution in [3.63, 3.8) is 0 Å². The molecule has 0 saturated heterocycles. The molecule has 0 bridgehead atoms. The Kier molecular flexibility index (Phi) is 7.78. The Morgan fingerprint density at radius 3 is 2.73 bits per heavy atom. The lowest BCUT2D eigenvalue weighted by molar-refractivity contribution is -0.129. The topological polar surface area (TPSA) is 129 Å². The van der Waals surface area contributed by atoms with Gasteiger partial charge in [-0.3, -0.25) is 9.59 Å². The lowest BCUT2D eigenvalue weighted by Gasteiger charge is -2.35. The maximum Gasteiger partial charge on any atom is 0.345 e. The number of nitrogens with one attached hydrogen (secondary N) is 2. The second kappa shape index (κ2) is 10.9. The van der Waals surface area contributed by atoms with Gasteiger partial charge in [0, 0.05) is 38.0 Å². The van der Waals surface area contributed by atoms with E-state index >= 15 is 0 Å². The lowest BCUT2D eigenvalue weighted by atomic mass is 9.82. The van der Waals surface area contributed by atoms with E-state index in [4.69, 9.17) is 4.74 Å². The summed E-state index contributed by atoms with van der Waals surface area (Å²) in [5, 5.41) is 10.0. The van der Waals surface area contributed by atoms with Crippen LogP contribution in [0.1, 0.15) is 52.9 Å². The zero-order valence-electron chi connectivity index (χ0n) is 22.2. The van der Waals surface area contributed by atoms with Gasteiger partial charge in [0.25, 0.3) is 5.91 Å². The Hall–Kier alpha value is -3.20. The third-order valence-corrected chi connectivity index (χ3v) is 8.34. The van der Waals surface area contributed by atoms with Gasteiger partial charge >= 0.3 is 6.61 Å². The molecule has 2 aliphatic carbocycles. The summed E-state index contributed by atoms with van der Waals surface area (Å²) in [4.78, 5) is 25.9. The molecule has 2 amide bonds. The van der Waals surface area contributed by atoms with Crippen LogP contribution in [0.4, 0.5) is 23.4 Å². The van der Waals surface area contributed by atoms with Gasteiger partial charge in [-0.05, 0) is 42.5 Å². The average Bonchev–Trinajstić information content (AvgIpc) is 3.35. The fourth-order valence-corrected chi connectivity index (χ4v) is 6.36. The molecule has 1 aromatic heterocycles. The lowest BCUT2D eigenvalue weighted by Crippen LogP contribution is -2.49. The van der Waals surface area contributed by atoms with Crippen LogP contribution in [0.25, 0.3) is 0 Å². The molecule has 1 aromatic carbocycles. The van der Waals surface area contributed by atoms with E-state index in [2.05, 4.69) is 20.5 Å². The number of benzene rings is 1. The van der Waals surface area contributed by atoms with Gasteiger partial charge in [-0.1, -0.05) is 6.07 Å². The molecular formula is C26H30F4N4O6S. The summed E-state index contributed by atoms with van der Waals surface area (Å²) in [5.74, 6) is -4.45. The van der Waals surface area contributed by atoms with Crippen molar-refractivity contribution in [1.82, 2.24) is 15.1 Å². The van der Waals surface area contributed by atoms with Crippen LogP contribution in [0.3, 0.4) is 0 Å². The molecule has 41 heavy (non-hydrogen) atoms. The number of amides is 2. The summed E-state index contributed by atoms with van der Waals surface area (Å²) in [7, 11) is -3.66. The predicted octanol–water partition coefficient (Wildman–Crippen LogP) is 3.05. The summed E-state index contributed by atoms with van der Waals surface area (Å²) >= 11 is 0. The molecule has 5 rings (SSSR count). The Labute approximate surface area is 233 Å². The number of anilines is 1. The van der Waals surface area contributed by atoms with E-state index in [1.165, 1.54) is 4.68 Å². The number of nitrogens with zero attached hydrogens (tertiary/aromatic N) is 2. The van der Waals surface area contributed by atoms with E-state index in [1.54, 1.807) is 6.07 Å². The van der Waals surface area contributed by atoms with E-state index < -0.39 is 45.5 Å². The van der Waals surface area contributed by atoms with Crippen LogP contribution in [0.2, 0.25) is 0 Å². The fourth-order valence-electron chi connectivity index (χ4n) is 5.81. The first-order chi connectivity index (χ1) is 19.2. The maximum absolute atomic E-state index is 13.5. The van der Waals surface area contributed by atoms with Crippen LogP contribution in [-0.2, 0) is 44.3 Å². The molecule has 0 unspecified atom stereocenters. The van der Waals surface area contributed by atoms with Crippen molar-refractivity contribution in [1.29, 1.82) is 0 Å². The zero-order valence-corrected chi connectivity index (χ0v) is 23.0. The van der Waals surface area contributed by atoms with Gasteiger partial charge in [-0.25, -0.2) is 21.9 Å². The minimum Gasteiger partial charge on any atom is -0.493 e. The molecule has 2 aromatic rings. The summed E-state index contributed by atoms with van der Waals surface area (Å²) in [6.45, 7) is -3.02. The summed E-state index contributed by atoms with van der Waals surface area (Å²) in [6, 6.07) is 5.43. The van der Waals surface area contributed by atoms with Gasteiger partial charge in [-0.15, -0.1) is 0 Å². The number of rotatable bonds is 11. The number of sulfone groups is 1. The number of halogens is 4. The molecule has 1 spiro atoms. The van der Waals surface area contributed by atoms with Crippen molar-refractivity contribution in [3.05, 3.63) is 40.6 Å². The normalized spacial score (nSPS) is 21.4. The van der Waals surface area contributed by atoms with Crippen LogP contribution in [0.15, 0.2) is 18.2 Å². The average molecular weight is 603 g/mol. The monoisotopic (exact) mass is 602 g/mol. The van der Waals surface area contributed by atoms with Gasteiger partial charge < -0.3 is 20.1 Å². The SMILES string of the molecule is CS(=O)(=O)CC(=O)Nc1c2c(nn1CCCOC(F)F)C[C@@]1(CCc3cc(OCC4CC(F)(F)C4)ccc31)NC2=O. The minimum atomic E-state index is -3.66. The summed E-state index contributed by atoms with van der Waals surface area (Å²) < 4.78 is 85.6. The molecule has 1 fully saturated rings. The summed E-state index contributed by atoms with van der Waals surface area (Å²) in [5.41, 5.74) is 1.47. The first-order valence-electron chi connectivity index (χ1n) is 13.2. The van der Waals surface area contributed by atoms with Gasteiger partial charge in [0.1, 0.15) is 22.9 Å². The van der Waals surface area contributed by atoms with Gasteiger partial charge in [0.05, 0.1) is 24.4 Å². The number of carbonyl (C=O) groups excluding carboxylic acids is 2. The predicted molar refractivity (Wildman–Crippen MR) is 138 cm³/mol. The van der Waals surface area contributed by atoms with Gasteiger partial charge in [0.2, 0.25) is 11.8 Å². The molecule has 0 radical (unpaired) electrons. The third kappa shape index (κ3) is 6.50. The number of fused-ring (bicyclic) bond motifs is 3. The highest BCUT2D eigenvalue weighted by Crippen LogP contribution is 2.45. The number of ether oxygens (including phenoxy) is 2. The van der Waals surface area contributed by atoms with Crippen molar-refractivity contribution in [3.8, 4) is 5.75 Å². The number of carbonyl (C=O) groups is 2. The van der Waals surface area contributed by atoms with E-state index in [0.29, 0.717) is 24.3 Å². The van der Waals surface area contributed by atoms with Crippen LogP contribution >= 0.6 is 0 Å². The smallest absolute Gasteiger partial charge is 0.345 e. The van der Waals surface area contributed by atoms with E-state index in [1.807, 2.05) is 12.1 Å². The van der Waals surface area contributed by atoms with Crippen molar-refractivity contribution >= 4 is 27.5 Å². The fraction of sp³-hybridized carbons (Fsp3) is 0.577. The maximum atomic E-state index is 13.5. The number of hydrogen-bond donors (Lipinski definition) is 2. The van der Waals surface area contributed by atoms with Crippen LogP contribution < -0.4 is 15.4 Å². The number of aromatic nitrogens is 2. The Morgan fingerprint density at radius 2 is 2.05 bits per heavy atom. The molecular weight excluding hydrogens is 572 g/mol. The first-order valence-corrected chi connectivity index (χ1v) is 15.2. The number of hydrogen-bond acceptors (Lipinski definition) is 7. The van der Waals surface area contributed by atoms with Crippen LogP contribution in [-0.4, -0.2) is 67.8 Å². The van der Waals surface area contributed by atoms with E-state index in [0.717, 1.165) is 17.4 Å². The van der Waals surface area contributed by atoms with E-state index in [9.17, 15) is 35.6 Å². The highest BCUT2D eigenvalue weighted by atomic mass is 32.2. The molecule has 224 valence electrons. The largest absolute Gasteiger partial charge is 0.493 e. The first kappa shape index (κ1) is 29.3. The molecule has 10 nitrogen and oxygen atoms in total. The van der Waals surface area contributed by atoms with Crippen molar-refractivity contribution in [2.45, 2.75) is 63.1 Å². The molecule has 1 atom stereocenters. The van der Waals surface area contributed by atoms with Crippen LogP contribution in [0.5, 0.6) is 5.75 Å². The standard InChI is InChI=1S/C26H30F4N4O6S/c1-41(37,38)14-20(35)31-22-21-19(33-34(22)7-2-8-39-24(27)28)12-25(32-23(21)36)6-5-16-9-17(3-4-18(16)25)40-13-15-10-26(29,30)11-15/h3-4,9,15,24H,2,5-8,10-14H2,1H3,(H,31,35)(H,32,36)/t25-/m1/s1.